The number of imidazole rings is 1. The van der Waals surface area contributed by atoms with Gasteiger partial charge in [-0.3, -0.25) is 4.79 Å². The Kier molecular flexibility index (Phi) is 3.65. The van der Waals surface area contributed by atoms with Crippen LogP contribution in [0.5, 0.6) is 0 Å². The van der Waals surface area contributed by atoms with Crippen molar-refractivity contribution in [1.29, 1.82) is 0 Å². The summed E-state index contributed by atoms with van der Waals surface area (Å²) in [6.45, 7) is 2.41. The fourth-order valence-corrected chi connectivity index (χ4v) is 3.09. The van der Waals surface area contributed by atoms with Crippen molar-refractivity contribution in [1.82, 2.24) is 14.3 Å². The van der Waals surface area contributed by atoms with Gasteiger partial charge in [-0.15, -0.1) is 0 Å². The number of amides is 1. The van der Waals surface area contributed by atoms with Crippen LogP contribution in [-0.4, -0.2) is 46.4 Å². The van der Waals surface area contributed by atoms with Crippen LogP contribution in [0.25, 0.3) is 5.65 Å². The van der Waals surface area contributed by atoms with Gasteiger partial charge in [0.05, 0.1) is 11.3 Å². The number of anilines is 1. The maximum atomic E-state index is 13.9. The predicted octanol–water partition coefficient (Wildman–Crippen LogP) is 2.44. The first-order valence-electron chi connectivity index (χ1n) is 7.94. The number of piperazine rings is 1. The Balaban J connectivity index is 1.47. The summed E-state index contributed by atoms with van der Waals surface area (Å²) in [7, 11) is 0. The standard InChI is InChI=1S/C18H17FN4O/c19-15-3-1-2-4-16(15)21-9-11-22(12-10-21)18(24)14-5-6-17-20-7-8-23(17)13-14/h1-8,13H,9-12H2. The quantitative estimate of drug-likeness (QED) is 0.727. The van der Waals surface area contributed by atoms with Crippen LogP contribution >= 0.6 is 0 Å². The fraction of sp³-hybridized carbons (Fsp3) is 0.222. The molecule has 3 aromatic rings. The van der Waals surface area contributed by atoms with E-state index >= 15 is 0 Å². The Bertz CT molecular complexity index is 883. The topological polar surface area (TPSA) is 40.9 Å². The third kappa shape index (κ3) is 2.60. The average molecular weight is 324 g/mol. The van der Waals surface area contributed by atoms with Gasteiger partial charge in [-0.05, 0) is 24.3 Å². The highest BCUT2D eigenvalue weighted by Crippen LogP contribution is 2.20. The molecule has 0 aliphatic carbocycles. The Hall–Kier alpha value is -2.89. The molecule has 0 unspecified atom stereocenters. The van der Waals surface area contributed by atoms with Crippen molar-refractivity contribution in [2.24, 2.45) is 0 Å². The van der Waals surface area contributed by atoms with Crippen LogP contribution in [0.2, 0.25) is 0 Å². The molecule has 1 fully saturated rings. The minimum absolute atomic E-state index is 0.00113. The normalized spacial score (nSPS) is 15.0. The number of halogens is 1. The number of fused-ring (bicyclic) bond motifs is 1. The van der Waals surface area contributed by atoms with Crippen LogP contribution in [0.3, 0.4) is 0 Å². The van der Waals surface area contributed by atoms with Crippen LogP contribution in [0.1, 0.15) is 10.4 Å². The number of carbonyl (C=O) groups excluding carboxylic acids is 1. The van der Waals surface area contributed by atoms with Gasteiger partial charge < -0.3 is 14.2 Å². The lowest BCUT2D eigenvalue weighted by molar-refractivity contribution is 0.0746. The number of carbonyl (C=O) groups is 1. The van der Waals surface area contributed by atoms with Gasteiger partial charge in [0.25, 0.3) is 5.91 Å². The molecule has 0 bridgehead atoms. The minimum atomic E-state index is -0.220. The summed E-state index contributed by atoms with van der Waals surface area (Å²) in [5.41, 5.74) is 2.06. The highest BCUT2D eigenvalue weighted by atomic mass is 19.1. The molecule has 1 amide bonds. The molecule has 5 nitrogen and oxygen atoms in total. The summed E-state index contributed by atoms with van der Waals surface area (Å²) in [6, 6.07) is 10.4. The second kappa shape index (κ2) is 5.96. The van der Waals surface area contributed by atoms with Crippen LogP contribution in [0.4, 0.5) is 10.1 Å². The van der Waals surface area contributed by atoms with Crippen molar-refractivity contribution in [3.05, 3.63) is 66.4 Å². The van der Waals surface area contributed by atoms with Crippen LogP contribution in [0.15, 0.2) is 55.0 Å². The monoisotopic (exact) mass is 324 g/mol. The maximum Gasteiger partial charge on any atom is 0.255 e. The molecule has 0 N–H and O–H groups in total. The molecular formula is C18H17FN4O. The van der Waals surface area contributed by atoms with Crippen molar-refractivity contribution < 1.29 is 9.18 Å². The number of rotatable bonds is 2. The highest BCUT2D eigenvalue weighted by molar-refractivity contribution is 5.94. The zero-order valence-electron chi connectivity index (χ0n) is 13.1. The Morgan fingerprint density at radius 2 is 1.83 bits per heavy atom. The predicted molar refractivity (Wildman–Crippen MR) is 89.7 cm³/mol. The first-order valence-corrected chi connectivity index (χ1v) is 7.94. The molecule has 1 aliphatic heterocycles. The smallest absolute Gasteiger partial charge is 0.255 e. The van der Waals surface area contributed by atoms with Gasteiger partial charge >= 0.3 is 0 Å². The fourth-order valence-electron chi connectivity index (χ4n) is 3.09. The number of aromatic nitrogens is 2. The zero-order chi connectivity index (χ0) is 16.5. The molecule has 4 rings (SSSR count). The van der Waals surface area contributed by atoms with Gasteiger partial charge in [0.15, 0.2) is 0 Å². The van der Waals surface area contributed by atoms with E-state index in [0.717, 1.165) is 5.65 Å². The van der Waals surface area contributed by atoms with Gasteiger partial charge in [0.1, 0.15) is 11.5 Å². The molecule has 122 valence electrons. The SMILES string of the molecule is O=C(c1ccc2nccn2c1)N1CCN(c2ccccc2F)CC1. The second-order valence-electron chi connectivity index (χ2n) is 5.84. The number of hydrogen-bond acceptors (Lipinski definition) is 3. The van der Waals surface area contributed by atoms with Gasteiger partial charge in [-0.25, -0.2) is 9.37 Å². The molecule has 2 aromatic heterocycles. The Morgan fingerprint density at radius 1 is 1.04 bits per heavy atom. The maximum absolute atomic E-state index is 13.9. The lowest BCUT2D eigenvalue weighted by atomic mass is 10.2. The largest absolute Gasteiger partial charge is 0.366 e. The summed E-state index contributed by atoms with van der Waals surface area (Å²) >= 11 is 0. The highest BCUT2D eigenvalue weighted by Gasteiger charge is 2.23. The summed E-state index contributed by atoms with van der Waals surface area (Å²) in [4.78, 5) is 20.7. The zero-order valence-corrected chi connectivity index (χ0v) is 13.1. The van der Waals surface area contributed by atoms with Crippen molar-refractivity contribution in [2.75, 3.05) is 31.1 Å². The van der Waals surface area contributed by atoms with E-state index in [0.29, 0.717) is 37.4 Å². The van der Waals surface area contributed by atoms with Crippen LogP contribution < -0.4 is 4.90 Å². The summed E-state index contributed by atoms with van der Waals surface area (Å²) < 4.78 is 15.7. The van der Waals surface area contributed by atoms with Crippen LogP contribution in [-0.2, 0) is 0 Å². The molecule has 0 atom stereocenters. The van der Waals surface area contributed by atoms with E-state index in [-0.39, 0.29) is 11.7 Å². The summed E-state index contributed by atoms with van der Waals surface area (Å²) in [5.74, 6) is -0.221. The molecule has 0 spiro atoms. The molecular weight excluding hydrogens is 307 g/mol. The molecule has 24 heavy (non-hydrogen) atoms. The average Bonchev–Trinajstić information content (AvgIpc) is 3.09. The molecule has 1 aromatic carbocycles. The van der Waals surface area contributed by atoms with Gasteiger partial charge in [-0.2, -0.15) is 0 Å². The third-order valence-corrected chi connectivity index (χ3v) is 4.40. The first kappa shape index (κ1) is 14.7. The number of benzene rings is 1. The third-order valence-electron chi connectivity index (χ3n) is 4.40. The Labute approximate surface area is 138 Å². The number of para-hydroxylation sites is 1. The van der Waals surface area contributed by atoms with Gasteiger partial charge in [-0.1, -0.05) is 12.1 Å². The van der Waals surface area contributed by atoms with E-state index in [1.165, 1.54) is 6.07 Å². The van der Waals surface area contributed by atoms with Gasteiger partial charge in [0.2, 0.25) is 0 Å². The van der Waals surface area contributed by atoms with E-state index in [9.17, 15) is 9.18 Å². The van der Waals surface area contributed by atoms with Crippen molar-refractivity contribution >= 4 is 17.2 Å². The number of pyridine rings is 1. The lowest BCUT2D eigenvalue weighted by Crippen LogP contribution is -2.49. The van der Waals surface area contributed by atoms with E-state index in [1.807, 2.05) is 32.5 Å². The Morgan fingerprint density at radius 3 is 2.62 bits per heavy atom. The second-order valence-corrected chi connectivity index (χ2v) is 5.84. The van der Waals surface area contributed by atoms with Crippen LogP contribution in [0, 0.1) is 5.82 Å². The molecule has 1 aliphatic rings. The molecule has 6 heteroatoms. The minimum Gasteiger partial charge on any atom is -0.366 e. The lowest BCUT2D eigenvalue weighted by Gasteiger charge is -2.36. The van der Waals surface area contributed by atoms with Crippen molar-refractivity contribution in [2.45, 2.75) is 0 Å². The van der Waals surface area contributed by atoms with Gasteiger partial charge in [0, 0.05) is 44.8 Å². The van der Waals surface area contributed by atoms with E-state index in [2.05, 4.69) is 4.98 Å². The van der Waals surface area contributed by atoms with Crippen molar-refractivity contribution in [3.8, 4) is 0 Å². The molecule has 0 saturated carbocycles. The van der Waals surface area contributed by atoms with Crippen molar-refractivity contribution in [3.63, 3.8) is 0 Å². The molecule has 3 heterocycles. The first-order chi connectivity index (χ1) is 11.7. The number of hydrogen-bond donors (Lipinski definition) is 0. The molecule has 0 radical (unpaired) electrons. The van der Waals surface area contributed by atoms with E-state index in [4.69, 9.17) is 0 Å². The van der Waals surface area contributed by atoms with E-state index < -0.39 is 0 Å². The number of nitrogens with zero attached hydrogens (tertiary/aromatic N) is 4. The molecule has 1 saturated heterocycles. The summed E-state index contributed by atoms with van der Waals surface area (Å²) in [6.07, 6.45) is 5.33. The van der Waals surface area contributed by atoms with E-state index in [1.54, 1.807) is 30.6 Å². The summed E-state index contributed by atoms with van der Waals surface area (Å²) in [5, 5.41) is 0.